The van der Waals surface area contributed by atoms with E-state index in [0.717, 1.165) is 5.56 Å². The number of ether oxygens (including phenoxy) is 1. The molecule has 110 valence electrons. The molecule has 2 aromatic rings. The van der Waals surface area contributed by atoms with Crippen molar-refractivity contribution in [3.63, 3.8) is 0 Å². The van der Waals surface area contributed by atoms with Crippen LogP contribution in [-0.4, -0.2) is 18.5 Å². The van der Waals surface area contributed by atoms with Crippen molar-refractivity contribution < 1.29 is 14.3 Å². The Balaban J connectivity index is 1.92. The Kier molecular flexibility index (Phi) is 3.51. The fourth-order valence-electron chi connectivity index (χ4n) is 2.52. The van der Waals surface area contributed by atoms with E-state index in [9.17, 15) is 9.59 Å². The Morgan fingerprint density at radius 1 is 1.09 bits per heavy atom. The highest BCUT2D eigenvalue weighted by molar-refractivity contribution is 6.22. The molecule has 0 unspecified atom stereocenters. The number of amides is 1. The van der Waals surface area contributed by atoms with Gasteiger partial charge in [-0.1, -0.05) is 24.8 Å². The first-order chi connectivity index (χ1) is 10.6. The number of fused-ring (bicyclic) bond motifs is 1. The van der Waals surface area contributed by atoms with Crippen LogP contribution in [0.25, 0.3) is 5.70 Å². The minimum absolute atomic E-state index is 0.107. The lowest BCUT2D eigenvalue weighted by molar-refractivity contribution is 0.0526. The molecule has 0 saturated carbocycles. The molecule has 0 bridgehead atoms. The Hall–Kier alpha value is -2.88. The molecular weight excluding hydrogens is 278 g/mol. The van der Waals surface area contributed by atoms with Crippen molar-refractivity contribution >= 4 is 23.3 Å². The van der Waals surface area contributed by atoms with Crippen molar-refractivity contribution in [2.75, 3.05) is 11.5 Å². The van der Waals surface area contributed by atoms with E-state index in [-0.39, 0.29) is 11.9 Å². The van der Waals surface area contributed by atoms with Gasteiger partial charge in [-0.05, 0) is 37.3 Å². The van der Waals surface area contributed by atoms with Crippen LogP contribution in [-0.2, 0) is 4.74 Å². The Bertz CT molecular complexity index is 727. The van der Waals surface area contributed by atoms with Crippen molar-refractivity contribution in [3.8, 4) is 0 Å². The summed E-state index contributed by atoms with van der Waals surface area (Å²) in [6, 6.07) is 14.1. The van der Waals surface area contributed by atoms with Gasteiger partial charge in [0.15, 0.2) is 0 Å². The molecule has 0 N–H and O–H groups in total. The zero-order valence-electron chi connectivity index (χ0n) is 12.2. The van der Waals surface area contributed by atoms with Gasteiger partial charge in [0, 0.05) is 16.8 Å². The lowest BCUT2D eigenvalue weighted by Gasteiger charge is -2.17. The maximum absolute atomic E-state index is 12.5. The van der Waals surface area contributed by atoms with Crippen molar-refractivity contribution in [3.05, 3.63) is 71.8 Å². The summed E-state index contributed by atoms with van der Waals surface area (Å²) in [5.74, 6) is -0.478. The van der Waals surface area contributed by atoms with E-state index in [0.29, 0.717) is 29.1 Å². The van der Waals surface area contributed by atoms with Gasteiger partial charge in [-0.15, -0.1) is 0 Å². The van der Waals surface area contributed by atoms with Crippen LogP contribution in [0.2, 0.25) is 0 Å². The molecule has 0 spiro atoms. The molecule has 1 amide bonds. The van der Waals surface area contributed by atoms with E-state index < -0.39 is 0 Å². The Morgan fingerprint density at radius 3 is 2.32 bits per heavy atom. The van der Waals surface area contributed by atoms with Gasteiger partial charge >= 0.3 is 5.97 Å². The molecule has 0 atom stereocenters. The smallest absolute Gasteiger partial charge is 0.338 e. The van der Waals surface area contributed by atoms with Crippen LogP contribution in [0.1, 0.15) is 33.2 Å². The number of hydrogen-bond acceptors (Lipinski definition) is 3. The van der Waals surface area contributed by atoms with Crippen molar-refractivity contribution in [2.24, 2.45) is 0 Å². The highest BCUT2D eigenvalue weighted by Crippen LogP contribution is 2.35. The minimum atomic E-state index is -0.371. The highest BCUT2D eigenvalue weighted by atomic mass is 16.5. The van der Waals surface area contributed by atoms with Crippen LogP contribution in [0.5, 0.6) is 0 Å². The average molecular weight is 293 g/mol. The number of carbonyl (C=O) groups is 2. The predicted octanol–water partition coefficient (Wildman–Crippen LogP) is 3.49. The van der Waals surface area contributed by atoms with Gasteiger partial charge < -0.3 is 4.74 Å². The van der Waals surface area contributed by atoms with Gasteiger partial charge in [-0.25, -0.2) is 4.79 Å². The number of hydrogen-bond donors (Lipinski definition) is 0. The molecule has 1 heterocycles. The summed E-state index contributed by atoms with van der Waals surface area (Å²) in [5, 5.41) is 0. The molecule has 2 aromatic carbocycles. The fraction of sp³-hybridized carbons (Fsp3) is 0.111. The lowest BCUT2D eigenvalue weighted by Crippen LogP contribution is -2.21. The zero-order valence-corrected chi connectivity index (χ0v) is 12.2. The van der Waals surface area contributed by atoms with E-state index in [1.54, 1.807) is 42.2 Å². The van der Waals surface area contributed by atoms with Crippen LogP contribution in [0.15, 0.2) is 55.1 Å². The number of carbonyl (C=O) groups excluding carboxylic acids is 2. The van der Waals surface area contributed by atoms with E-state index >= 15 is 0 Å². The van der Waals surface area contributed by atoms with Gasteiger partial charge in [0.2, 0.25) is 0 Å². The molecule has 1 aliphatic heterocycles. The summed E-state index contributed by atoms with van der Waals surface area (Å²) in [6.07, 6.45) is 0. The number of esters is 1. The molecule has 0 saturated heterocycles. The average Bonchev–Trinajstić information content (AvgIpc) is 2.80. The fourth-order valence-corrected chi connectivity index (χ4v) is 2.52. The Labute approximate surface area is 128 Å². The van der Waals surface area contributed by atoms with Crippen molar-refractivity contribution in [1.29, 1.82) is 0 Å². The van der Waals surface area contributed by atoms with Crippen LogP contribution >= 0.6 is 0 Å². The van der Waals surface area contributed by atoms with Crippen molar-refractivity contribution in [1.82, 2.24) is 0 Å². The van der Waals surface area contributed by atoms with Gasteiger partial charge in [0.05, 0.1) is 17.9 Å². The molecule has 1 aliphatic rings. The zero-order chi connectivity index (χ0) is 15.7. The molecule has 0 aliphatic carbocycles. The first-order valence-corrected chi connectivity index (χ1v) is 7.03. The van der Waals surface area contributed by atoms with Gasteiger partial charge in [-0.3, -0.25) is 9.69 Å². The Morgan fingerprint density at radius 2 is 1.73 bits per heavy atom. The third-order valence-electron chi connectivity index (χ3n) is 3.58. The third-order valence-corrected chi connectivity index (χ3v) is 3.58. The van der Waals surface area contributed by atoms with Crippen LogP contribution in [0.3, 0.4) is 0 Å². The number of benzene rings is 2. The van der Waals surface area contributed by atoms with Gasteiger partial charge in [0.25, 0.3) is 5.91 Å². The van der Waals surface area contributed by atoms with E-state index in [1.807, 2.05) is 18.2 Å². The monoisotopic (exact) mass is 293 g/mol. The second-order valence-corrected chi connectivity index (χ2v) is 4.90. The normalized spacial score (nSPS) is 13.2. The molecule has 4 heteroatoms. The first kappa shape index (κ1) is 14.1. The molecule has 4 nitrogen and oxygen atoms in total. The molecule has 0 aromatic heterocycles. The first-order valence-electron chi connectivity index (χ1n) is 7.03. The summed E-state index contributed by atoms with van der Waals surface area (Å²) in [7, 11) is 0. The van der Waals surface area contributed by atoms with Crippen LogP contribution in [0.4, 0.5) is 5.69 Å². The van der Waals surface area contributed by atoms with Crippen LogP contribution < -0.4 is 4.90 Å². The lowest BCUT2D eigenvalue weighted by atomic mass is 10.1. The number of nitrogens with zero attached hydrogens (tertiary/aromatic N) is 1. The summed E-state index contributed by atoms with van der Waals surface area (Å²) in [5.41, 5.74) is 3.26. The second kappa shape index (κ2) is 5.48. The van der Waals surface area contributed by atoms with Crippen molar-refractivity contribution in [2.45, 2.75) is 6.92 Å². The minimum Gasteiger partial charge on any atom is -0.462 e. The molecular formula is C18H15NO3. The maximum Gasteiger partial charge on any atom is 0.338 e. The standard InChI is InChI=1S/C18H15NO3/c1-3-22-18(21)13-8-10-14(11-9-13)19-12(2)15-6-4-5-7-16(15)17(19)20/h4-11H,2-3H2,1H3. The maximum atomic E-state index is 12.5. The third kappa shape index (κ3) is 2.19. The second-order valence-electron chi connectivity index (χ2n) is 4.90. The summed E-state index contributed by atoms with van der Waals surface area (Å²) < 4.78 is 4.95. The van der Waals surface area contributed by atoms with Crippen LogP contribution in [0, 0.1) is 0 Å². The summed E-state index contributed by atoms with van der Waals surface area (Å²) >= 11 is 0. The molecule has 22 heavy (non-hydrogen) atoms. The topological polar surface area (TPSA) is 46.6 Å². The summed E-state index contributed by atoms with van der Waals surface area (Å²) in [4.78, 5) is 25.7. The van der Waals surface area contributed by atoms with Gasteiger partial charge in [0.1, 0.15) is 0 Å². The van der Waals surface area contributed by atoms with E-state index in [2.05, 4.69) is 6.58 Å². The SMILES string of the molecule is C=C1c2ccccc2C(=O)N1c1ccc(C(=O)OCC)cc1. The quantitative estimate of drug-likeness (QED) is 0.814. The summed E-state index contributed by atoms with van der Waals surface area (Å²) in [6.45, 7) is 6.10. The van der Waals surface area contributed by atoms with E-state index in [1.165, 1.54) is 0 Å². The largest absolute Gasteiger partial charge is 0.462 e. The van der Waals surface area contributed by atoms with E-state index in [4.69, 9.17) is 4.74 Å². The molecule has 0 radical (unpaired) electrons. The molecule has 3 rings (SSSR count). The molecule has 0 fully saturated rings. The van der Waals surface area contributed by atoms with Gasteiger partial charge in [-0.2, -0.15) is 0 Å². The highest BCUT2D eigenvalue weighted by Gasteiger charge is 2.31. The number of rotatable bonds is 3. The predicted molar refractivity (Wildman–Crippen MR) is 84.7 cm³/mol. The number of anilines is 1.